The van der Waals surface area contributed by atoms with Gasteiger partial charge < -0.3 is 10.2 Å². The Morgan fingerprint density at radius 3 is 3.00 bits per heavy atom. The highest BCUT2D eigenvalue weighted by atomic mass is 19.1. The molecule has 0 aliphatic rings. The van der Waals surface area contributed by atoms with Crippen LogP contribution in [0, 0.1) is 5.82 Å². The van der Waals surface area contributed by atoms with Gasteiger partial charge in [-0.15, -0.1) is 0 Å². The van der Waals surface area contributed by atoms with Crippen molar-refractivity contribution in [2.45, 2.75) is 6.54 Å². The van der Waals surface area contributed by atoms with Gasteiger partial charge in [0.05, 0.1) is 11.9 Å². The van der Waals surface area contributed by atoms with E-state index in [1.165, 1.54) is 12.1 Å². The van der Waals surface area contributed by atoms with Gasteiger partial charge >= 0.3 is 0 Å². The summed E-state index contributed by atoms with van der Waals surface area (Å²) in [5.74, 6) is -0.235. The van der Waals surface area contributed by atoms with Crippen molar-refractivity contribution in [2.75, 3.05) is 27.2 Å². The largest absolute Gasteiger partial charge is 0.318 e. The molecule has 4 nitrogen and oxygen atoms in total. The Morgan fingerprint density at radius 1 is 1.42 bits per heavy atom. The molecule has 2 rings (SSSR count). The summed E-state index contributed by atoms with van der Waals surface area (Å²) >= 11 is 0. The Morgan fingerprint density at radius 2 is 2.26 bits per heavy atom. The number of nitrogens with zero attached hydrogens (tertiary/aromatic N) is 2. The van der Waals surface area contributed by atoms with E-state index in [0.29, 0.717) is 0 Å². The van der Waals surface area contributed by atoms with E-state index in [2.05, 4.69) is 27.5 Å². The predicted octanol–water partition coefficient (Wildman–Crippen LogP) is 1.87. The molecule has 102 valence electrons. The molecular formula is C14H19FN4. The monoisotopic (exact) mass is 262 g/mol. The van der Waals surface area contributed by atoms with Crippen molar-refractivity contribution in [1.82, 2.24) is 20.4 Å². The number of nitrogens with one attached hydrogen (secondary N) is 2. The van der Waals surface area contributed by atoms with E-state index in [-0.39, 0.29) is 5.82 Å². The molecule has 1 heterocycles. The minimum Gasteiger partial charge on any atom is -0.318 e. The second-order valence-electron chi connectivity index (χ2n) is 4.62. The Bertz CT molecular complexity index is 524. The van der Waals surface area contributed by atoms with Crippen LogP contribution in [0.2, 0.25) is 0 Å². The Labute approximate surface area is 112 Å². The topological polar surface area (TPSA) is 44.0 Å². The van der Waals surface area contributed by atoms with Crippen LogP contribution in [-0.2, 0) is 6.54 Å². The number of hydrogen-bond donors (Lipinski definition) is 2. The zero-order chi connectivity index (χ0) is 13.7. The molecular weight excluding hydrogens is 243 g/mol. The van der Waals surface area contributed by atoms with Crippen molar-refractivity contribution in [3.63, 3.8) is 0 Å². The molecule has 0 amide bonds. The van der Waals surface area contributed by atoms with E-state index in [9.17, 15) is 4.39 Å². The molecule has 0 saturated heterocycles. The molecule has 2 aromatic rings. The maximum Gasteiger partial charge on any atom is 0.123 e. The van der Waals surface area contributed by atoms with Crippen LogP contribution in [0.3, 0.4) is 0 Å². The van der Waals surface area contributed by atoms with E-state index in [4.69, 9.17) is 0 Å². The third kappa shape index (κ3) is 3.62. The number of aromatic amines is 1. The first-order valence-corrected chi connectivity index (χ1v) is 6.32. The van der Waals surface area contributed by atoms with E-state index < -0.39 is 0 Å². The zero-order valence-electron chi connectivity index (χ0n) is 11.3. The molecule has 1 aromatic carbocycles. The number of likely N-dealkylation sites (N-methyl/N-ethyl adjacent to an activating group) is 2. The van der Waals surface area contributed by atoms with Gasteiger partial charge in [0.25, 0.3) is 0 Å². The first kappa shape index (κ1) is 13.7. The summed E-state index contributed by atoms with van der Waals surface area (Å²) in [7, 11) is 3.99. The number of H-pyrrole nitrogens is 1. The lowest BCUT2D eigenvalue weighted by Crippen LogP contribution is -2.26. The average Bonchev–Trinajstić information content (AvgIpc) is 2.84. The number of benzene rings is 1. The van der Waals surface area contributed by atoms with Crippen LogP contribution in [0.25, 0.3) is 11.3 Å². The fraction of sp³-hybridized carbons (Fsp3) is 0.357. The maximum absolute atomic E-state index is 13.3. The summed E-state index contributed by atoms with van der Waals surface area (Å²) in [6, 6.07) is 6.55. The molecule has 0 saturated carbocycles. The fourth-order valence-electron chi connectivity index (χ4n) is 2.00. The summed E-state index contributed by atoms with van der Waals surface area (Å²) in [5.41, 5.74) is 2.79. The molecule has 19 heavy (non-hydrogen) atoms. The Balaban J connectivity index is 2.13. The van der Waals surface area contributed by atoms with Gasteiger partial charge in [-0.1, -0.05) is 12.1 Å². The number of rotatable bonds is 6. The molecule has 0 aliphatic carbocycles. The van der Waals surface area contributed by atoms with E-state index >= 15 is 0 Å². The highest BCUT2D eigenvalue weighted by Gasteiger charge is 2.10. The normalized spacial score (nSPS) is 11.2. The minimum atomic E-state index is -0.235. The standard InChI is InChI=1S/C14H19FN4/c1-16-6-7-19(2)10-12-9-17-18-14(12)11-4-3-5-13(15)8-11/h3-5,8-9,16H,6-7,10H2,1-2H3,(H,17,18). The number of halogens is 1. The minimum absolute atomic E-state index is 0.235. The van der Waals surface area contributed by atoms with Crippen LogP contribution in [0.15, 0.2) is 30.5 Å². The van der Waals surface area contributed by atoms with Gasteiger partial charge in [0.2, 0.25) is 0 Å². The molecule has 0 aliphatic heterocycles. The molecule has 0 spiro atoms. The summed E-state index contributed by atoms with van der Waals surface area (Å²) in [6.07, 6.45) is 1.80. The highest BCUT2D eigenvalue weighted by Crippen LogP contribution is 2.22. The smallest absolute Gasteiger partial charge is 0.123 e. The third-order valence-electron chi connectivity index (χ3n) is 3.01. The predicted molar refractivity (Wildman–Crippen MR) is 74.2 cm³/mol. The van der Waals surface area contributed by atoms with Crippen molar-refractivity contribution in [3.8, 4) is 11.3 Å². The lowest BCUT2D eigenvalue weighted by atomic mass is 10.1. The Kier molecular flexibility index (Phi) is 4.65. The fourth-order valence-corrected chi connectivity index (χ4v) is 2.00. The van der Waals surface area contributed by atoms with Gasteiger partial charge in [0.15, 0.2) is 0 Å². The van der Waals surface area contributed by atoms with Gasteiger partial charge in [-0.25, -0.2) is 4.39 Å². The molecule has 0 radical (unpaired) electrons. The average molecular weight is 262 g/mol. The van der Waals surface area contributed by atoms with E-state index in [1.807, 2.05) is 13.1 Å². The highest BCUT2D eigenvalue weighted by molar-refractivity contribution is 5.62. The van der Waals surface area contributed by atoms with Crippen molar-refractivity contribution >= 4 is 0 Å². The lowest BCUT2D eigenvalue weighted by Gasteiger charge is -2.16. The quantitative estimate of drug-likeness (QED) is 0.835. The van der Waals surface area contributed by atoms with Crippen molar-refractivity contribution in [2.24, 2.45) is 0 Å². The molecule has 2 N–H and O–H groups in total. The van der Waals surface area contributed by atoms with Crippen LogP contribution in [-0.4, -0.2) is 42.3 Å². The van der Waals surface area contributed by atoms with Crippen molar-refractivity contribution < 1.29 is 4.39 Å². The van der Waals surface area contributed by atoms with Gasteiger partial charge in [0, 0.05) is 30.8 Å². The van der Waals surface area contributed by atoms with E-state index in [0.717, 1.165) is 36.5 Å². The third-order valence-corrected chi connectivity index (χ3v) is 3.01. The summed E-state index contributed by atoms with van der Waals surface area (Å²) in [5, 5.41) is 10.1. The first-order valence-electron chi connectivity index (χ1n) is 6.32. The molecule has 0 unspecified atom stereocenters. The molecule has 1 aromatic heterocycles. The summed E-state index contributed by atoms with van der Waals surface area (Å²) in [6.45, 7) is 2.66. The van der Waals surface area contributed by atoms with Gasteiger partial charge in [-0.2, -0.15) is 5.10 Å². The van der Waals surface area contributed by atoms with Crippen LogP contribution in [0.4, 0.5) is 4.39 Å². The molecule has 0 fully saturated rings. The zero-order valence-corrected chi connectivity index (χ0v) is 11.3. The molecule has 5 heteroatoms. The lowest BCUT2D eigenvalue weighted by molar-refractivity contribution is 0.328. The second-order valence-corrected chi connectivity index (χ2v) is 4.62. The molecule has 0 bridgehead atoms. The van der Waals surface area contributed by atoms with Crippen molar-refractivity contribution in [1.29, 1.82) is 0 Å². The van der Waals surface area contributed by atoms with Crippen LogP contribution in [0.5, 0.6) is 0 Å². The number of hydrogen-bond acceptors (Lipinski definition) is 3. The first-order chi connectivity index (χ1) is 9.20. The SMILES string of the molecule is CNCCN(C)Cc1cn[nH]c1-c1cccc(F)c1. The van der Waals surface area contributed by atoms with Gasteiger partial charge in [-0.05, 0) is 26.2 Å². The van der Waals surface area contributed by atoms with Crippen LogP contribution in [0.1, 0.15) is 5.56 Å². The van der Waals surface area contributed by atoms with Crippen LogP contribution < -0.4 is 5.32 Å². The van der Waals surface area contributed by atoms with Gasteiger partial charge in [0.1, 0.15) is 5.82 Å². The van der Waals surface area contributed by atoms with Crippen molar-refractivity contribution in [3.05, 3.63) is 41.8 Å². The molecule has 0 atom stereocenters. The van der Waals surface area contributed by atoms with Gasteiger partial charge in [-0.3, -0.25) is 5.10 Å². The van der Waals surface area contributed by atoms with E-state index in [1.54, 1.807) is 12.3 Å². The summed E-state index contributed by atoms with van der Waals surface area (Å²) in [4.78, 5) is 2.20. The van der Waals surface area contributed by atoms with Crippen LogP contribution >= 0.6 is 0 Å². The second kappa shape index (κ2) is 6.45. The summed E-state index contributed by atoms with van der Waals surface area (Å²) < 4.78 is 13.3. The maximum atomic E-state index is 13.3. The number of aromatic nitrogens is 2. The Hall–Kier alpha value is -1.72.